The number of hydrogen-bond acceptors (Lipinski definition) is 6. The van der Waals surface area contributed by atoms with E-state index in [-0.39, 0.29) is 0 Å². The molecule has 0 amide bonds. The Labute approximate surface area is 182 Å². The molecule has 5 rings (SSSR count). The third-order valence-electron chi connectivity index (χ3n) is 5.89. The molecule has 2 aromatic heterocycles. The normalized spacial score (nSPS) is 14.9. The number of anilines is 2. The summed E-state index contributed by atoms with van der Waals surface area (Å²) in [7, 11) is 0. The Kier molecular flexibility index (Phi) is 5.50. The first kappa shape index (κ1) is 19.5. The van der Waals surface area contributed by atoms with Crippen LogP contribution in [0.25, 0.3) is 22.6 Å². The number of para-hydroxylation sites is 1. The highest BCUT2D eigenvalue weighted by atomic mass is 15.3. The number of rotatable bonds is 6. The smallest absolute Gasteiger partial charge is 0.166 e. The molecule has 0 radical (unpaired) electrons. The molecule has 2 aromatic carbocycles. The Morgan fingerprint density at radius 3 is 2.26 bits per heavy atom. The fourth-order valence-corrected chi connectivity index (χ4v) is 4.18. The summed E-state index contributed by atoms with van der Waals surface area (Å²) in [6.07, 6.45) is 2.87. The first-order chi connectivity index (χ1) is 15.3. The topological polar surface area (TPSA) is 76.1 Å². The van der Waals surface area contributed by atoms with Crippen molar-refractivity contribution in [2.75, 3.05) is 43.4 Å². The summed E-state index contributed by atoms with van der Waals surface area (Å²) in [5.74, 6) is 1.07. The summed E-state index contributed by atoms with van der Waals surface area (Å²) in [5.41, 5.74) is 9.93. The molecule has 0 saturated carbocycles. The van der Waals surface area contributed by atoms with E-state index in [4.69, 9.17) is 10.7 Å². The Hall–Kier alpha value is -3.45. The molecule has 2 N–H and O–H groups in total. The van der Waals surface area contributed by atoms with Crippen molar-refractivity contribution in [3.8, 4) is 11.4 Å². The minimum absolute atomic E-state index is 0.430. The highest BCUT2D eigenvalue weighted by Crippen LogP contribution is 2.22. The molecule has 7 nitrogen and oxygen atoms in total. The minimum Gasteiger partial charge on any atom is -0.382 e. The second kappa shape index (κ2) is 8.73. The van der Waals surface area contributed by atoms with Crippen molar-refractivity contribution in [1.82, 2.24) is 24.4 Å². The van der Waals surface area contributed by atoms with Gasteiger partial charge in [0.1, 0.15) is 5.52 Å². The molecule has 1 aliphatic rings. The number of nitrogen functional groups attached to an aromatic ring is 1. The van der Waals surface area contributed by atoms with Crippen LogP contribution in [-0.4, -0.2) is 57.1 Å². The zero-order valence-corrected chi connectivity index (χ0v) is 17.6. The van der Waals surface area contributed by atoms with Gasteiger partial charge in [-0.15, -0.1) is 0 Å². The van der Waals surface area contributed by atoms with Crippen LogP contribution in [0.4, 0.5) is 11.5 Å². The monoisotopic (exact) mass is 413 g/mol. The quantitative estimate of drug-likeness (QED) is 0.523. The first-order valence-electron chi connectivity index (χ1n) is 10.8. The lowest BCUT2D eigenvalue weighted by atomic mass is 10.2. The average molecular weight is 414 g/mol. The van der Waals surface area contributed by atoms with Gasteiger partial charge in [-0.1, -0.05) is 48.5 Å². The van der Waals surface area contributed by atoms with Crippen LogP contribution < -0.4 is 10.6 Å². The summed E-state index contributed by atoms with van der Waals surface area (Å²) in [5, 5.41) is 0. The third-order valence-corrected chi connectivity index (χ3v) is 5.89. The molecule has 0 aliphatic carbocycles. The standard InChI is InChI=1S/C24H27N7/c25-22-21-24(28-23(27-22)19-8-3-1-4-9-19)31(18-26-21)13-7-12-29-14-16-30(17-15-29)20-10-5-2-6-11-20/h1-6,8-11,18H,7,12-17H2,(H2,25,27,28). The number of nitrogens with zero attached hydrogens (tertiary/aromatic N) is 6. The van der Waals surface area contributed by atoms with Crippen LogP contribution in [0.1, 0.15) is 6.42 Å². The molecule has 0 spiro atoms. The molecular formula is C24H27N7. The van der Waals surface area contributed by atoms with Gasteiger partial charge < -0.3 is 15.2 Å². The van der Waals surface area contributed by atoms with E-state index in [1.54, 1.807) is 0 Å². The van der Waals surface area contributed by atoms with E-state index in [1.165, 1.54) is 5.69 Å². The van der Waals surface area contributed by atoms with E-state index >= 15 is 0 Å². The molecule has 1 saturated heterocycles. The van der Waals surface area contributed by atoms with Gasteiger partial charge >= 0.3 is 0 Å². The van der Waals surface area contributed by atoms with E-state index in [2.05, 4.69) is 54.7 Å². The number of benzene rings is 2. The van der Waals surface area contributed by atoms with Crippen LogP contribution in [0.3, 0.4) is 0 Å². The van der Waals surface area contributed by atoms with E-state index in [9.17, 15) is 0 Å². The SMILES string of the molecule is Nc1nc(-c2ccccc2)nc2c1ncn2CCCN1CCN(c2ccccc2)CC1. The Morgan fingerprint density at radius 2 is 1.52 bits per heavy atom. The lowest BCUT2D eigenvalue weighted by molar-refractivity contribution is 0.251. The number of aromatic nitrogens is 4. The van der Waals surface area contributed by atoms with Crippen molar-refractivity contribution < 1.29 is 0 Å². The fraction of sp³-hybridized carbons (Fsp3) is 0.292. The van der Waals surface area contributed by atoms with Gasteiger partial charge in [0.15, 0.2) is 17.3 Å². The van der Waals surface area contributed by atoms with Gasteiger partial charge in [-0.3, -0.25) is 4.90 Å². The van der Waals surface area contributed by atoms with E-state index < -0.39 is 0 Å². The van der Waals surface area contributed by atoms with Crippen LogP contribution in [0.2, 0.25) is 0 Å². The lowest BCUT2D eigenvalue weighted by Crippen LogP contribution is -2.46. The van der Waals surface area contributed by atoms with Gasteiger partial charge in [0.25, 0.3) is 0 Å². The molecule has 0 unspecified atom stereocenters. The number of piperazine rings is 1. The second-order valence-corrected chi connectivity index (χ2v) is 7.93. The second-order valence-electron chi connectivity index (χ2n) is 7.93. The van der Waals surface area contributed by atoms with Crippen molar-refractivity contribution in [2.45, 2.75) is 13.0 Å². The summed E-state index contributed by atoms with van der Waals surface area (Å²) >= 11 is 0. The predicted octanol–water partition coefficient (Wildman–Crippen LogP) is 3.29. The van der Waals surface area contributed by atoms with Gasteiger partial charge in [0.2, 0.25) is 0 Å². The highest BCUT2D eigenvalue weighted by molar-refractivity contribution is 5.83. The fourth-order valence-electron chi connectivity index (χ4n) is 4.18. The average Bonchev–Trinajstić information content (AvgIpc) is 3.24. The molecule has 158 valence electrons. The maximum Gasteiger partial charge on any atom is 0.166 e. The summed E-state index contributed by atoms with van der Waals surface area (Å²) in [6.45, 7) is 6.25. The summed E-state index contributed by atoms with van der Waals surface area (Å²) in [6, 6.07) is 20.6. The zero-order valence-electron chi connectivity index (χ0n) is 17.6. The Morgan fingerprint density at radius 1 is 0.806 bits per heavy atom. The van der Waals surface area contributed by atoms with Gasteiger partial charge in [-0.25, -0.2) is 15.0 Å². The van der Waals surface area contributed by atoms with Crippen molar-refractivity contribution in [3.63, 3.8) is 0 Å². The van der Waals surface area contributed by atoms with Crippen LogP contribution in [-0.2, 0) is 6.54 Å². The Bertz CT molecular complexity index is 1130. The summed E-state index contributed by atoms with van der Waals surface area (Å²) in [4.78, 5) is 18.7. The molecule has 0 bridgehead atoms. The lowest BCUT2D eigenvalue weighted by Gasteiger charge is -2.36. The molecule has 1 aliphatic heterocycles. The number of nitrogens with two attached hydrogens (primary N) is 1. The van der Waals surface area contributed by atoms with Crippen molar-refractivity contribution in [3.05, 3.63) is 67.0 Å². The maximum absolute atomic E-state index is 6.17. The molecule has 31 heavy (non-hydrogen) atoms. The molecule has 0 atom stereocenters. The minimum atomic E-state index is 0.430. The van der Waals surface area contributed by atoms with Gasteiger partial charge in [-0.2, -0.15) is 0 Å². The highest BCUT2D eigenvalue weighted by Gasteiger charge is 2.17. The van der Waals surface area contributed by atoms with Crippen LogP contribution >= 0.6 is 0 Å². The molecule has 3 heterocycles. The van der Waals surface area contributed by atoms with E-state index in [0.29, 0.717) is 17.2 Å². The summed E-state index contributed by atoms with van der Waals surface area (Å²) < 4.78 is 2.10. The van der Waals surface area contributed by atoms with Crippen molar-refractivity contribution in [1.29, 1.82) is 0 Å². The zero-order chi connectivity index (χ0) is 21.0. The number of imidazole rings is 1. The Balaban J connectivity index is 1.21. The van der Waals surface area contributed by atoms with Crippen LogP contribution in [0.15, 0.2) is 67.0 Å². The number of fused-ring (bicyclic) bond motifs is 1. The largest absolute Gasteiger partial charge is 0.382 e. The number of aryl methyl sites for hydroxylation is 1. The molecule has 4 aromatic rings. The van der Waals surface area contributed by atoms with Gasteiger partial charge in [0.05, 0.1) is 6.33 Å². The van der Waals surface area contributed by atoms with E-state index in [1.807, 2.05) is 36.7 Å². The van der Waals surface area contributed by atoms with Crippen LogP contribution in [0, 0.1) is 0 Å². The third kappa shape index (κ3) is 4.22. The molecular weight excluding hydrogens is 386 g/mol. The molecule has 7 heteroatoms. The maximum atomic E-state index is 6.17. The molecule has 1 fully saturated rings. The van der Waals surface area contributed by atoms with Gasteiger partial charge in [-0.05, 0) is 25.1 Å². The first-order valence-corrected chi connectivity index (χ1v) is 10.8. The van der Waals surface area contributed by atoms with Crippen molar-refractivity contribution >= 4 is 22.7 Å². The van der Waals surface area contributed by atoms with Gasteiger partial charge in [0, 0.05) is 44.0 Å². The predicted molar refractivity (Wildman–Crippen MR) is 125 cm³/mol. The van der Waals surface area contributed by atoms with Crippen LogP contribution in [0.5, 0.6) is 0 Å². The van der Waals surface area contributed by atoms with Crippen molar-refractivity contribution in [2.24, 2.45) is 0 Å². The number of hydrogen-bond donors (Lipinski definition) is 1. The van der Waals surface area contributed by atoms with E-state index in [0.717, 1.165) is 56.9 Å².